The molecular formula is C12H18N2O7. The molecule has 0 spiro atoms. The second-order valence-electron chi connectivity index (χ2n) is 4.79. The van der Waals surface area contributed by atoms with Crippen LogP contribution in [0.15, 0.2) is 0 Å². The standard InChI is InChI=1S/C12H18N2O7/c15-9(12(20)21)1-4-13-7(10(16)17)2-5-14-6-3-8(14)11(18)19/h7-8,13H,1-6H2,(H,16,17)(H,18,19)(H,20,21). The molecule has 9 nitrogen and oxygen atoms in total. The summed E-state index contributed by atoms with van der Waals surface area (Å²) in [6, 6.07) is -1.50. The zero-order valence-corrected chi connectivity index (χ0v) is 11.3. The Hall–Kier alpha value is -2.00. The van der Waals surface area contributed by atoms with E-state index in [9.17, 15) is 19.2 Å². The minimum Gasteiger partial charge on any atom is -0.480 e. The van der Waals surface area contributed by atoms with E-state index >= 15 is 0 Å². The van der Waals surface area contributed by atoms with Gasteiger partial charge in [-0.15, -0.1) is 0 Å². The van der Waals surface area contributed by atoms with Crippen molar-refractivity contribution in [1.29, 1.82) is 0 Å². The highest BCUT2D eigenvalue weighted by atomic mass is 16.4. The summed E-state index contributed by atoms with van der Waals surface area (Å²) < 4.78 is 0. The molecule has 2 atom stereocenters. The van der Waals surface area contributed by atoms with Crippen LogP contribution in [-0.4, -0.2) is 75.6 Å². The topological polar surface area (TPSA) is 144 Å². The molecule has 0 radical (unpaired) electrons. The van der Waals surface area contributed by atoms with E-state index in [0.717, 1.165) is 0 Å². The molecule has 1 saturated heterocycles. The highest BCUT2D eigenvalue weighted by Gasteiger charge is 2.34. The number of ketones is 1. The molecule has 1 aliphatic heterocycles. The largest absolute Gasteiger partial charge is 0.480 e. The molecule has 0 amide bonds. The van der Waals surface area contributed by atoms with Gasteiger partial charge in [0.15, 0.2) is 0 Å². The number of carboxylic acid groups (broad SMARTS) is 3. The van der Waals surface area contributed by atoms with Crippen molar-refractivity contribution in [1.82, 2.24) is 10.2 Å². The van der Waals surface area contributed by atoms with Gasteiger partial charge in [-0.25, -0.2) is 4.79 Å². The quantitative estimate of drug-likeness (QED) is 0.359. The summed E-state index contributed by atoms with van der Waals surface area (Å²) in [4.78, 5) is 44.7. The van der Waals surface area contributed by atoms with Gasteiger partial charge in [-0.05, 0) is 12.8 Å². The minimum absolute atomic E-state index is 0.0511. The molecule has 0 bridgehead atoms. The fourth-order valence-electron chi connectivity index (χ4n) is 2.06. The molecule has 1 fully saturated rings. The molecule has 0 aromatic rings. The van der Waals surface area contributed by atoms with Crippen LogP contribution >= 0.6 is 0 Å². The normalized spacial score (nSPS) is 19.5. The lowest BCUT2D eigenvalue weighted by molar-refractivity contribution is -0.149. The number of hydrogen-bond acceptors (Lipinski definition) is 6. The Morgan fingerprint density at radius 3 is 2.29 bits per heavy atom. The molecular weight excluding hydrogens is 284 g/mol. The molecule has 2 unspecified atom stereocenters. The van der Waals surface area contributed by atoms with Gasteiger partial charge in [0, 0.05) is 26.1 Å². The zero-order valence-electron chi connectivity index (χ0n) is 11.3. The highest BCUT2D eigenvalue weighted by Crippen LogP contribution is 2.17. The maximum atomic E-state index is 11.0. The Morgan fingerprint density at radius 1 is 1.19 bits per heavy atom. The van der Waals surface area contributed by atoms with E-state index in [0.29, 0.717) is 19.5 Å². The summed E-state index contributed by atoms with van der Waals surface area (Å²) in [6.07, 6.45) is 0.439. The number of rotatable bonds is 10. The maximum Gasteiger partial charge on any atom is 0.372 e. The lowest BCUT2D eigenvalue weighted by atomic mass is 10.0. The van der Waals surface area contributed by atoms with Crippen molar-refractivity contribution in [3.63, 3.8) is 0 Å². The second-order valence-corrected chi connectivity index (χ2v) is 4.79. The van der Waals surface area contributed by atoms with Crippen molar-refractivity contribution in [3.8, 4) is 0 Å². The molecule has 118 valence electrons. The van der Waals surface area contributed by atoms with E-state index in [2.05, 4.69) is 5.32 Å². The lowest BCUT2D eigenvalue weighted by Crippen LogP contribution is -2.53. The first-order valence-corrected chi connectivity index (χ1v) is 6.52. The monoisotopic (exact) mass is 302 g/mol. The van der Waals surface area contributed by atoms with Gasteiger partial charge >= 0.3 is 17.9 Å². The van der Waals surface area contributed by atoms with Crippen LogP contribution in [0.2, 0.25) is 0 Å². The second kappa shape index (κ2) is 7.70. The average molecular weight is 302 g/mol. The third kappa shape index (κ3) is 5.12. The number of carboxylic acids is 3. The summed E-state index contributed by atoms with van der Waals surface area (Å²) in [5.74, 6) is -4.58. The molecule has 4 N–H and O–H groups in total. The van der Waals surface area contributed by atoms with Crippen molar-refractivity contribution in [2.45, 2.75) is 31.3 Å². The smallest absolute Gasteiger partial charge is 0.372 e. The van der Waals surface area contributed by atoms with Crippen LogP contribution < -0.4 is 5.32 Å². The van der Waals surface area contributed by atoms with Crippen molar-refractivity contribution < 1.29 is 34.5 Å². The number of Topliss-reactive ketones (excluding diaryl/α,β-unsaturated/α-hetero) is 1. The van der Waals surface area contributed by atoms with E-state index in [1.807, 2.05) is 0 Å². The van der Waals surface area contributed by atoms with Gasteiger partial charge in [-0.3, -0.25) is 19.3 Å². The zero-order chi connectivity index (χ0) is 16.0. The first-order valence-electron chi connectivity index (χ1n) is 6.52. The molecule has 0 aromatic heterocycles. The van der Waals surface area contributed by atoms with Crippen LogP contribution in [0, 0.1) is 0 Å². The first kappa shape index (κ1) is 17.1. The number of nitrogens with zero attached hydrogens (tertiary/aromatic N) is 1. The van der Waals surface area contributed by atoms with Gasteiger partial charge in [0.1, 0.15) is 12.1 Å². The van der Waals surface area contributed by atoms with Gasteiger partial charge in [-0.1, -0.05) is 0 Å². The van der Waals surface area contributed by atoms with Gasteiger partial charge < -0.3 is 20.6 Å². The predicted molar refractivity (Wildman–Crippen MR) is 68.9 cm³/mol. The van der Waals surface area contributed by atoms with Crippen molar-refractivity contribution in [2.75, 3.05) is 19.6 Å². The molecule has 1 rings (SSSR count). The molecule has 1 aliphatic rings. The summed E-state index contributed by atoms with van der Waals surface area (Å²) in [6.45, 7) is 0.874. The number of likely N-dealkylation sites (tertiary alicyclic amines) is 1. The molecule has 0 aliphatic carbocycles. The van der Waals surface area contributed by atoms with E-state index in [1.165, 1.54) is 0 Å². The summed E-state index contributed by atoms with van der Waals surface area (Å²) in [5, 5.41) is 28.9. The number of carbonyl (C=O) groups excluding carboxylic acids is 1. The van der Waals surface area contributed by atoms with Crippen LogP contribution in [0.25, 0.3) is 0 Å². The van der Waals surface area contributed by atoms with E-state index in [1.54, 1.807) is 4.90 Å². The van der Waals surface area contributed by atoms with Crippen LogP contribution in [0.3, 0.4) is 0 Å². The third-order valence-corrected chi connectivity index (χ3v) is 3.40. The van der Waals surface area contributed by atoms with Crippen LogP contribution in [0.4, 0.5) is 0 Å². The van der Waals surface area contributed by atoms with Crippen molar-refractivity contribution in [3.05, 3.63) is 0 Å². The predicted octanol–water partition coefficient (Wildman–Crippen LogP) is -1.38. The van der Waals surface area contributed by atoms with Gasteiger partial charge in [0.05, 0.1) is 0 Å². The fourth-order valence-corrected chi connectivity index (χ4v) is 2.06. The van der Waals surface area contributed by atoms with Crippen molar-refractivity contribution >= 4 is 23.7 Å². The first-order chi connectivity index (χ1) is 9.82. The van der Waals surface area contributed by atoms with E-state index in [4.69, 9.17) is 15.3 Å². The van der Waals surface area contributed by atoms with E-state index in [-0.39, 0.29) is 19.4 Å². The molecule has 9 heteroatoms. The fraction of sp³-hybridized carbons (Fsp3) is 0.667. The number of hydrogen-bond donors (Lipinski definition) is 4. The van der Waals surface area contributed by atoms with Gasteiger partial charge in [-0.2, -0.15) is 0 Å². The minimum atomic E-state index is -1.55. The van der Waals surface area contributed by atoms with Gasteiger partial charge in [0.2, 0.25) is 5.78 Å². The number of carbonyl (C=O) groups is 4. The third-order valence-electron chi connectivity index (χ3n) is 3.40. The van der Waals surface area contributed by atoms with Crippen molar-refractivity contribution in [2.24, 2.45) is 0 Å². The maximum absolute atomic E-state index is 11.0. The molecule has 21 heavy (non-hydrogen) atoms. The Morgan fingerprint density at radius 2 is 1.86 bits per heavy atom. The Bertz CT molecular complexity index is 437. The van der Waals surface area contributed by atoms with Gasteiger partial charge in [0.25, 0.3) is 0 Å². The van der Waals surface area contributed by atoms with Crippen LogP contribution in [0.5, 0.6) is 0 Å². The Kier molecular flexibility index (Phi) is 6.25. The highest BCUT2D eigenvalue weighted by molar-refractivity contribution is 6.32. The summed E-state index contributed by atoms with van der Waals surface area (Å²) in [7, 11) is 0. The van der Waals surface area contributed by atoms with E-state index < -0.39 is 35.8 Å². The molecule has 0 aromatic carbocycles. The number of nitrogens with one attached hydrogen (secondary N) is 1. The Balaban J connectivity index is 2.34. The molecule has 1 heterocycles. The number of aliphatic carboxylic acids is 3. The lowest BCUT2D eigenvalue weighted by Gasteiger charge is -2.38. The average Bonchev–Trinajstić information content (AvgIpc) is 2.34. The Labute approximate surface area is 120 Å². The van der Waals surface area contributed by atoms with Crippen LogP contribution in [0.1, 0.15) is 19.3 Å². The van der Waals surface area contributed by atoms with Crippen LogP contribution in [-0.2, 0) is 19.2 Å². The molecule has 0 saturated carbocycles. The summed E-state index contributed by atoms with van der Waals surface area (Å²) in [5.41, 5.74) is 0. The summed E-state index contributed by atoms with van der Waals surface area (Å²) >= 11 is 0. The SMILES string of the molecule is O=C(O)C(=O)CCNC(CCN1CCC1C(=O)O)C(=O)O.